The lowest BCUT2D eigenvalue weighted by Crippen LogP contribution is -2.32. The summed E-state index contributed by atoms with van der Waals surface area (Å²) in [5.74, 6) is 1.80. The normalized spacial score (nSPS) is 14.0. The molecule has 0 bridgehead atoms. The minimum Gasteiger partial charge on any atom is -0.457 e. The maximum Gasteiger partial charge on any atom is 0.132 e. The maximum atomic E-state index is 6.63. The van der Waals surface area contributed by atoms with Crippen molar-refractivity contribution < 1.29 is 4.74 Å². The van der Waals surface area contributed by atoms with Crippen molar-refractivity contribution in [3.63, 3.8) is 0 Å². The summed E-state index contributed by atoms with van der Waals surface area (Å²) < 4.78 is 6.63. The Labute approximate surface area is 374 Å². The Bertz CT molecular complexity index is 3340. The fourth-order valence-electron chi connectivity index (χ4n) is 11.6. The SMILES string of the molecule is c1ccc(N(c2cccc(-c3cccc4c3-c3ccccc3C43c4ccccc4Oc4ccccc43)c2)c2ccc3c(c2)-c2ccccc2C3(c2ccccc2)c2ccccc2)cc1. The number of para-hydroxylation sites is 3. The van der Waals surface area contributed by atoms with Gasteiger partial charge in [0.1, 0.15) is 11.5 Å². The van der Waals surface area contributed by atoms with Gasteiger partial charge in [0.05, 0.1) is 10.8 Å². The van der Waals surface area contributed by atoms with Gasteiger partial charge in [-0.3, -0.25) is 0 Å². The first kappa shape index (κ1) is 36.5. The van der Waals surface area contributed by atoms with Crippen LogP contribution in [0.15, 0.2) is 249 Å². The van der Waals surface area contributed by atoms with Crippen LogP contribution in [-0.4, -0.2) is 0 Å². The van der Waals surface area contributed by atoms with Gasteiger partial charge in [0.15, 0.2) is 0 Å². The summed E-state index contributed by atoms with van der Waals surface area (Å²) in [6, 6.07) is 91.1. The molecule has 0 atom stereocenters. The van der Waals surface area contributed by atoms with E-state index in [-0.39, 0.29) is 0 Å². The van der Waals surface area contributed by atoms with E-state index in [2.05, 4.69) is 254 Å². The van der Waals surface area contributed by atoms with Gasteiger partial charge in [-0.25, -0.2) is 0 Å². The topological polar surface area (TPSA) is 12.5 Å². The van der Waals surface area contributed by atoms with Crippen LogP contribution >= 0.6 is 0 Å². The van der Waals surface area contributed by atoms with Crippen molar-refractivity contribution in [2.45, 2.75) is 10.8 Å². The van der Waals surface area contributed by atoms with Crippen molar-refractivity contribution in [2.24, 2.45) is 0 Å². The second-order valence-electron chi connectivity index (χ2n) is 17.1. The third-order valence-corrected chi connectivity index (χ3v) is 14.0. The smallest absolute Gasteiger partial charge is 0.132 e. The van der Waals surface area contributed by atoms with Gasteiger partial charge < -0.3 is 9.64 Å². The van der Waals surface area contributed by atoms with Gasteiger partial charge in [-0.2, -0.15) is 0 Å². The van der Waals surface area contributed by atoms with E-state index in [1.54, 1.807) is 0 Å². The van der Waals surface area contributed by atoms with Crippen LogP contribution in [-0.2, 0) is 10.8 Å². The monoisotopic (exact) mass is 815 g/mol. The fourth-order valence-corrected chi connectivity index (χ4v) is 11.6. The molecule has 0 aromatic heterocycles. The standard InChI is InChI=1S/C62H41NO/c1-4-21-43(22-5-1)61(44-23-6-2-7-24-44)52-31-12-10-28-49(52)51-41-47(38-39-54(51)61)63(45-25-8-3-9-26-45)46-27-18-20-42(40-46)48-30-19-35-57-60(48)50-29-11-13-32-53(50)62(57)55-33-14-16-36-58(55)64-59-37-17-15-34-56(59)62/h1-41H. The molecule has 0 saturated heterocycles. The molecule has 0 amide bonds. The number of fused-ring (bicyclic) bond motifs is 12. The summed E-state index contributed by atoms with van der Waals surface area (Å²) in [5.41, 5.74) is 19.7. The van der Waals surface area contributed by atoms with Gasteiger partial charge >= 0.3 is 0 Å². The zero-order valence-corrected chi connectivity index (χ0v) is 35.0. The van der Waals surface area contributed by atoms with Crippen LogP contribution in [0.2, 0.25) is 0 Å². The third kappa shape index (κ3) is 5.02. The third-order valence-electron chi connectivity index (χ3n) is 14.0. The summed E-state index contributed by atoms with van der Waals surface area (Å²) >= 11 is 0. The van der Waals surface area contributed by atoms with Crippen molar-refractivity contribution in [3.05, 3.63) is 293 Å². The number of rotatable bonds is 6. The van der Waals surface area contributed by atoms with E-state index in [0.29, 0.717) is 0 Å². The molecular weight excluding hydrogens is 775 g/mol. The molecule has 1 heterocycles. The molecule has 0 radical (unpaired) electrons. The number of ether oxygens (including phenoxy) is 1. The van der Waals surface area contributed by atoms with E-state index < -0.39 is 10.8 Å². The van der Waals surface area contributed by atoms with Crippen LogP contribution in [0.25, 0.3) is 33.4 Å². The molecule has 0 unspecified atom stereocenters. The summed E-state index contributed by atoms with van der Waals surface area (Å²) in [4.78, 5) is 2.42. The van der Waals surface area contributed by atoms with Crippen LogP contribution in [0.1, 0.15) is 44.5 Å². The number of benzene rings is 10. The number of hydrogen-bond acceptors (Lipinski definition) is 2. The molecule has 10 aromatic rings. The summed E-state index contributed by atoms with van der Waals surface area (Å²) in [6.45, 7) is 0. The van der Waals surface area contributed by atoms with Crippen LogP contribution < -0.4 is 9.64 Å². The molecule has 13 rings (SSSR count). The van der Waals surface area contributed by atoms with Crippen molar-refractivity contribution in [1.29, 1.82) is 0 Å². The summed E-state index contributed by atoms with van der Waals surface area (Å²) in [7, 11) is 0. The molecule has 3 aliphatic rings. The molecule has 1 spiro atoms. The minimum atomic E-state index is -0.531. The van der Waals surface area contributed by atoms with E-state index in [4.69, 9.17) is 4.74 Å². The van der Waals surface area contributed by atoms with Crippen molar-refractivity contribution in [1.82, 2.24) is 0 Å². The van der Waals surface area contributed by atoms with Crippen molar-refractivity contribution >= 4 is 17.1 Å². The van der Waals surface area contributed by atoms with Crippen LogP contribution in [0.5, 0.6) is 11.5 Å². The van der Waals surface area contributed by atoms with Gasteiger partial charge in [0.2, 0.25) is 0 Å². The molecule has 1 aliphatic heterocycles. The first-order valence-corrected chi connectivity index (χ1v) is 22.2. The van der Waals surface area contributed by atoms with Crippen LogP contribution in [0, 0.1) is 0 Å². The lowest BCUT2D eigenvalue weighted by atomic mass is 9.66. The number of nitrogens with zero attached hydrogens (tertiary/aromatic N) is 1. The quantitative estimate of drug-likeness (QED) is 0.166. The predicted molar refractivity (Wildman–Crippen MR) is 261 cm³/mol. The van der Waals surface area contributed by atoms with Gasteiger partial charge in [0, 0.05) is 28.2 Å². The molecule has 10 aromatic carbocycles. The predicted octanol–water partition coefficient (Wildman–Crippen LogP) is 15.7. The number of anilines is 3. The summed E-state index contributed by atoms with van der Waals surface area (Å²) in [5, 5.41) is 0. The fraction of sp³-hybridized carbons (Fsp3) is 0.0323. The van der Waals surface area contributed by atoms with Gasteiger partial charge in [0.25, 0.3) is 0 Å². The molecule has 2 heteroatoms. The van der Waals surface area contributed by atoms with Gasteiger partial charge in [-0.05, 0) is 115 Å². The number of hydrogen-bond donors (Lipinski definition) is 0. The average molecular weight is 816 g/mol. The van der Waals surface area contributed by atoms with E-state index in [1.807, 2.05) is 0 Å². The molecule has 2 nitrogen and oxygen atoms in total. The summed E-state index contributed by atoms with van der Waals surface area (Å²) in [6.07, 6.45) is 0. The molecule has 2 aliphatic carbocycles. The van der Waals surface area contributed by atoms with Gasteiger partial charge in [-0.15, -0.1) is 0 Å². The molecule has 300 valence electrons. The molecule has 0 saturated carbocycles. The highest BCUT2D eigenvalue weighted by molar-refractivity contribution is 5.98. The Kier molecular flexibility index (Phi) is 8.07. The lowest BCUT2D eigenvalue weighted by molar-refractivity contribution is 0.436. The Morgan fingerprint density at radius 3 is 1.42 bits per heavy atom. The Morgan fingerprint density at radius 2 is 0.750 bits per heavy atom. The average Bonchev–Trinajstić information content (AvgIpc) is 3.83. The largest absolute Gasteiger partial charge is 0.457 e. The Hall–Kier alpha value is -8.20. The van der Waals surface area contributed by atoms with E-state index >= 15 is 0 Å². The second-order valence-corrected chi connectivity index (χ2v) is 17.1. The highest BCUT2D eigenvalue weighted by Gasteiger charge is 2.51. The van der Waals surface area contributed by atoms with Crippen LogP contribution in [0.3, 0.4) is 0 Å². The molecule has 64 heavy (non-hydrogen) atoms. The zero-order valence-electron chi connectivity index (χ0n) is 35.0. The highest BCUT2D eigenvalue weighted by Crippen LogP contribution is 2.63. The van der Waals surface area contributed by atoms with E-state index in [1.165, 1.54) is 72.3 Å². The highest BCUT2D eigenvalue weighted by atomic mass is 16.5. The van der Waals surface area contributed by atoms with Crippen molar-refractivity contribution in [2.75, 3.05) is 4.90 Å². The minimum absolute atomic E-state index is 0.461. The zero-order chi connectivity index (χ0) is 42.2. The van der Waals surface area contributed by atoms with E-state index in [9.17, 15) is 0 Å². The van der Waals surface area contributed by atoms with Crippen LogP contribution in [0.4, 0.5) is 17.1 Å². The lowest BCUT2D eigenvalue weighted by Gasteiger charge is -2.39. The Morgan fingerprint density at radius 1 is 0.281 bits per heavy atom. The second kappa shape index (κ2) is 14.2. The molecular formula is C62H41NO. The van der Waals surface area contributed by atoms with E-state index in [0.717, 1.165) is 34.1 Å². The molecule has 0 N–H and O–H groups in total. The van der Waals surface area contributed by atoms with Crippen molar-refractivity contribution in [3.8, 4) is 44.9 Å². The first-order valence-electron chi connectivity index (χ1n) is 22.2. The van der Waals surface area contributed by atoms with Gasteiger partial charge in [-0.1, -0.05) is 200 Å². The maximum absolute atomic E-state index is 6.63. The first-order chi connectivity index (χ1) is 31.8. The Balaban J connectivity index is 1.01. The molecule has 0 fully saturated rings.